The summed E-state index contributed by atoms with van der Waals surface area (Å²) < 4.78 is 0. The van der Waals surface area contributed by atoms with Crippen LogP contribution in [0.4, 0.5) is 0 Å². The summed E-state index contributed by atoms with van der Waals surface area (Å²) >= 11 is 0. The van der Waals surface area contributed by atoms with Gasteiger partial charge < -0.3 is 5.11 Å². The van der Waals surface area contributed by atoms with Crippen LogP contribution in [0.25, 0.3) is 0 Å². The highest BCUT2D eigenvalue weighted by atomic mass is 16.4. The van der Waals surface area contributed by atoms with Gasteiger partial charge in [0.2, 0.25) is 0 Å². The van der Waals surface area contributed by atoms with E-state index in [1.165, 1.54) is 19.3 Å². The molecule has 0 saturated carbocycles. The van der Waals surface area contributed by atoms with Crippen molar-refractivity contribution in [3.05, 3.63) is 35.9 Å². The molecule has 1 unspecified atom stereocenters. The average Bonchev–Trinajstić information content (AvgIpc) is 2.47. The van der Waals surface area contributed by atoms with Crippen molar-refractivity contribution in [2.45, 2.75) is 58.3 Å². The molecular formula is C18H26O3. The van der Waals surface area contributed by atoms with Crippen LogP contribution >= 0.6 is 0 Å². The van der Waals surface area contributed by atoms with E-state index in [0.29, 0.717) is 6.42 Å². The van der Waals surface area contributed by atoms with Crippen molar-refractivity contribution in [2.75, 3.05) is 0 Å². The number of aliphatic carboxylic acids is 1. The fourth-order valence-corrected chi connectivity index (χ4v) is 2.47. The van der Waals surface area contributed by atoms with E-state index in [-0.39, 0.29) is 12.2 Å². The Morgan fingerprint density at radius 2 is 1.62 bits per heavy atom. The van der Waals surface area contributed by atoms with Gasteiger partial charge in [-0.05, 0) is 12.0 Å². The number of benzene rings is 1. The van der Waals surface area contributed by atoms with Crippen LogP contribution in [0.1, 0.15) is 57.4 Å². The Kier molecular flexibility index (Phi) is 8.41. The number of hydrogen-bond donors (Lipinski definition) is 1. The molecule has 1 atom stereocenters. The molecule has 0 aliphatic heterocycles. The summed E-state index contributed by atoms with van der Waals surface area (Å²) in [4.78, 5) is 23.4. The molecule has 1 aromatic carbocycles. The molecule has 1 rings (SSSR count). The predicted molar refractivity (Wildman–Crippen MR) is 84.3 cm³/mol. The van der Waals surface area contributed by atoms with Crippen molar-refractivity contribution >= 4 is 11.8 Å². The Balaban J connectivity index is 2.38. The molecule has 0 aromatic heterocycles. The first kappa shape index (κ1) is 17.4. The first-order valence-electron chi connectivity index (χ1n) is 7.94. The Hall–Kier alpha value is -1.64. The highest BCUT2D eigenvalue weighted by Crippen LogP contribution is 2.16. The van der Waals surface area contributed by atoms with Crippen molar-refractivity contribution in [2.24, 2.45) is 5.92 Å². The van der Waals surface area contributed by atoms with E-state index in [4.69, 9.17) is 0 Å². The van der Waals surface area contributed by atoms with Crippen LogP contribution in [-0.2, 0) is 16.0 Å². The number of Topliss-reactive ketones (excluding diaryl/α,β-unsaturated/α-hetero) is 1. The van der Waals surface area contributed by atoms with Crippen LogP contribution in [0, 0.1) is 5.92 Å². The molecule has 0 amide bonds. The van der Waals surface area contributed by atoms with Crippen molar-refractivity contribution in [3.63, 3.8) is 0 Å². The molecule has 0 saturated heterocycles. The molecule has 0 heterocycles. The molecule has 0 aliphatic carbocycles. The predicted octanol–water partition coefficient (Wildman–Crippen LogP) is 4.25. The van der Waals surface area contributed by atoms with Gasteiger partial charge in [-0.2, -0.15) is 0 Å². The van der Waals surface area contributed by atoms with Crippen LogP contribution in [0.15, 0.2) is 30.3 Å². The van der Waals surface area contributed by atoms with Crippen molar-refractivity contribution in [1.82, 2.24) is 0 Å². The number of hydrogen-bond acceptors (Lipinski definition) is 2. The molecule has 0 fully saturated rings. The summed E-state index contributed by atoms with van der Waals surface area (Å²) in [6, 6.07) is 9.35. The molecule has 1 aromatic rings. The Morgan fingerprint density at radius 3 is 2.24 bits per heavy atom. The highest BCUT2D eigenvalue weighted by Gasteiger charge is 2.25. The highest BCUT2D eigenvalue weighted by molar-refractivity contribution is 5.99. The number of carboxylic acid groups (broad SMARTS) is 1. The van der Waals surface area contributed by atoms with E-state index in [0.717, 1.165) is 24.8 Å². The zero-order chi connectivity index (χ0) is 15.5. The number of ketones is 1. The Labute approximate surface area is 127 Å². The number of carboxylic acids is 1. The van der Waals surface area contributed by atoms with E-state index in [1.54, 1.807) is 0 Å². The molecule has 0 bridgehead atoms. The van der Waals surface area contributed by atoms with E-state index >= 15 is 0 Å². The lowest BCUT2D eigenvalue weighted by Gasteiger charge is -2.11. The van der Waals surface area contributed by atoms with E-state index in [9.17, 15) is 14.7 Å². The average molecular weight is 290 g/mol. The fourth-order valence-electron chi connectivity index (χ4n) is 2.47. The van der Waals surface area contributed by atoms with Gasteiger partial charge in [0, 0.05) is 6.42 Å². The third kappa shape index (κ3) is 7.07. The van der Waals surface area contributed by atoms with Crippen LogP contribution in [0.3, 0.4) is 0 Å². The van der Waals surface area contributed by atoms with E-state index in [2.05, 4.69) is 6.92 Å². The second-order valence-electron chi connectivity index (χ2n) is 5.58. The minimum Gasteiger partial charge on any atom is -0.481 e. The van der Waals surface area contributed by atoms with Crippen molar-refractivity contribution in [1.29, 1.82) is 0 Å². The van der Waals surface area contributed by atoms with Gasteiger partial charge in [-0.25, -0.2) is 0 Å². The quantitative estimate of drug-likeness (QED) is 0.489. The van der Waals surface area contributed by atoms with Crippen LogP contribution in [-0.4, -0.2) is 16.9 Å². The second kappa shape index (κ2) is 10.1. The number of carbonyl (C=O) groups is 2. The SMILES string of the molecule is CCCCCCCCC(C(=O)O)C(=O)Cc1ccccc1. The van der Waals surface area contributed by atoms with Gasteiger partial charge in [0.05, 0.1) is 0 Å². The second-order valence-corrected chi connectivity index (χ2v) is 5.58. The molecule has 0 aliphatic rings. The minimum atomic E-state index is -0.982. The summed E-state index contributed by atoms with van der Waals surface area (Å²) in [5, 5.41) is 9.24. The van der Waals surface area contributed by atoms with Gasteiger partial charge >= 0.3 is 5.97 Å². The molecule has 21 heavy (non-hydrogen) atoms. The molecule has 3 nitrogen and oxygen atoms in total. The number of rotatable bonds is 11. The third-order valence-electron chi connectivity index (χ3n) is 3.75. The molecule has 0 spiro atoms. The lowest BCUT2D eigenvalue weighted by atomic mass is 9.92. The standard InChI is InChI=1S/C18H26O3/c1-2-3-4-5-6-10-13-16(18(20)21)17(19)14-15-11-8-7-9-12-15/h7-9,11-12,16H,2-6,10,13-14H2,1H3,(H,20,21). The monoisotopic (exact) mass is 290 g/mol. The summed E-state index contributed by atoms with van der Waals surface area (Å²) in [6.45, 7) is 2.17. The van der Waals surface area contributed by atoms with E-state index in [1.807, 2.05) is 30.3 Å². The van der Waals surface area contributed by atoms with Gasteiger partial charge in [0.1, 0.15) is 5.92 Å². The van der Waals surface area contributed by atoms with Gasteiger partial charge in [0.25, 0.3) is 0 Å². The summed E-state index contributed by atoms with van der Waals surface area (Å²) in [7, 11) is 0. The molecular weight excluding hydrogens is 264 g/mol. The first-order chi connectivity index (χ1) is 10.1. The first-order valence-corrected chi connectivity index (χ1v) is 7.94. The van der Waals surface area contributed by atoms with Gasteiger partial charge in [-0.1, -0.05) is 75.8 Å². The summed E-state index contributed by atoms with van der Waals surface area (Å²) in [5.74, 6) is -2.01. The third-order valence-corrected chi connectivity index (χ3v) is 3.75. The summed E-state index contributed by atoms with van der Waals surface area (Å²) in [5.41, 5.74) is 0.886. The minimum absolute atomic E-state index is 0.178. The zero-order valence-corrected chi connectivity index (χ0v) is 12.9. The van der Waals surface area contributed by atoms with Crippen LogP contribution < -0.4 is 0 Å². The maximum Gasteiger partial charge on any atom is 0.314 e. The Morgan fingerprint density at radius 1 is 1.00 bits per heavy atom. The normalized spacial score (nSPS) is 12.0. The van der Waals surface area contributed by atoms with Crippen molar-refractivity contribution < 1.29 is 14.7 Å². The largest absolute Gasteiger partial charge is 0.481 e. The lowest BCUT2D eigenvalue weighted by Crippen LogP contribution is -2.25. The van der Waals surface area contributed by atoms with Gasteiger partial charge in [-0.3, -0.25) is 9.59 Å². The van der Waals surface area contributed by atoms with Gasteiger partial charge in [-0.15, -0.1) is 0 Å². The Bertz CT molecular complexity index is 425. The molecule has 3 heteroatoms. The maximum absolute atomic E-state index is 12.1. The smallest absolute Gasteiger partial charge is 0.314 e. The fraction of sp³-hybridized carbons (Fsp3) is 0.556. The topological polar surface area (TPSA) is 54.4 Å². The van der Waals surface area contributed by atoms with Gasteiger partial charge in [0.15, 0.2) is 5.78 Å². The van der Waals surface area contributed by atoms with Crippen LogP contribution in [0.5, 0.6) is 0 Å². The number of carbonyl (C=O) groups excluding carboxylic acids is 1. The van der Waals surface area contributed by atoms with Crippen LogP contribution in [0.2, 0.25) is 0 Å². The zero-order valence-electron chi connectivity index (χ0n) is 12.9. The van der Waals surface area contributed by atoms with E-state index < -0.39 is 11.9 Å². The molecule has 1 N–H and O–H groups in total. The molecule has 116 valence electrons. The lowest BCUT2D eigenvalue weighted by molar-refractivity contribution is -0.146. The number of unbranched alkanes of at least 4 members (excludes halogenated alkanes) is 5. The summed E-state index contributed by atoms with van der Waals surface area (Å²) in [6.07, 6.45) is 7.28. The van der Waals surface area contributed by atoms with Crippen molar-refractivity contribution in [3.8, 4) is 0 Å². The maximum atomic E-state index is 12.1. The molecule has 0 radical (unpaired) electrons.